The van der Waals surface area contributed by atoms with Crippen molar-refractivity contribution in [1.29, 1.82) is 0 Å². The molecule has 0 radical (unpaired) electrons. The van der Waals surface area contributed by atoms with Gasteiger partial charge in [-0.05, 0) is 25.0 Å². The molecule has 20 heavy (non-hydrogen) atoms. The van der Waals surface area contributed by atoms with Crippen molar-refractivity contribution in [3.63, 3.8) is 0 Å². The van der Waals surface area contributed by atoms with E-state index in [1.807, 2.05) is 4.90 Å². The van der Waals surface area contributed by atoms with Crippen molar-refractivity contribution in [2.75, 3.05) is 18.0 Å². The number of hydrogen-bond donors (Lipinski definition) is 1. The molecule has 9 heteroatoms. The minimum atomic E-state index is -4.58. The number of nitrogens with zero attached hydrogens (tertiary/aromatic N) is 5. The van der Waals surface area contributed by atoms with E-state index in [0.717, 1.165) is 23.9 Å². The van der Waals surface area contributed by atoms with Crippen molar-refractivity contribution < 1.29 is 13.2 Å². The molecule has 1 saturated heterocycles. The summed E-state index contributed by atoms with van der Waals surface area (Å²) in [7, 11) is 0. The van der Waals surface area contributed by atoms with Crippen LogP contribution in [0, 0.1) is 0 Å². The second-order valence-electron chi connectivity index (χ2n) is 4.83. The molecule has 1 fully saturated rings. The van der Waals surface area contributed by atoms with Gasteiger partial charge in [-0.25, -0.2) is 0 Å². The number of fused-ring (bicyclic) bond motifs is 1. The van der Waals surface area contributed by atoms with Crippen LogP contribution in [0.25, 0.3) is 5.65 Å². The lowest BCUT2D eigenvalue weighted by atomic mass is 10.1. The van der Waals surface area contributed by atoms with Crippen LogP contribution in [0.3, 0.4) is 0 Å². The number of piperidine rings is 1. The molecule has 0 aromatic carbocycles. The molecule has 1 aliphatic heterocycles. The maximum atomic E-state index is 12.8. The monoisotopic (exact) mass is 286 g/mol. The van der Waals surface area contributed by atoms with Crippen LogP contribution < -0.4 is 10.6 Å². The zero-order chi connectivity index (χ0) is 14.3. The molecule has 2 aromatic rings. The first-order chi connectivity index (χ1) is 9.45. The summed E-state index contributed by atoms with van der Waals surface area (Å²) in [5, 5.41) is 10.6. The zero-order valence-electron chi connectivity index (χ0n) is 10.5. The number of nitrogens with two attached hydrogens (primary N) is 1. The third-order valence-electron chi connectivity index (χ3n) is 3.28. The second kappa shape index (κ2) is 4.58. The third-order valence-corrected chi connectivity index (χ3v) is 3.28. The first kappa shape index (κ1) is 13.1. The van der Waals surface area contributed by atoms with Crippen LogP contribution in [0.5, 0.6) is 0 Å². The van der Waals surface area contributed by atoms with E-state index in [-0.39, 0.29) is 11.7 Å². The van der Waals surface area contributed by atoms with Crippen LogP contribution in [0.4, 0.5) is 19.0 Å². The molecule has 6 nitrogen and oxygen atoms in total. The van der Waals surface area contributed by atoms with Crippen molar-refractivity contribution in [2.24, 2.45) is 5.73 Å². The van der Waals surface area contributed by atoms with Crippen molar-refractivity contribution in [1.82, 2.24) is 19.8 Å². The van der Waals surface area contributed by atoms with Gasteiger partial charge in [-0.15, -0.1) is 15.3 Å². The Bertz CT molecular complexity index is 622. The van der Waals surface area contributed by atoms with Crippen LogP contribution in [0.1, 0.15) is 18.7 Å². The van der Waals surface area contributed by atoms with E-state index in [4.69, 9.17) is 5.73 Å². The van der Waals surface area contributed by atoms with Gasteiger partial charge in [-0.1, -0.05) is 0 Å². The van der Waals surface area contributed by atoms with Crippen LogP contribution in [-0.4, -0.2) is 38.9 Å². The van der Waals surface area contributed by atoms with Crippen LogP contribution in [-0.2, 0) is 6.18 Å². The molecule has 0 saturated carbocycles. The van der Waals surface area contributed by atoms with Crippen molar-refractivity contribution in [2.45, 2.75) is 25.1 Å². The Morgan fingerprint density at radius 3 is 2.75 bits per heavy atom. The van der Waals surface area contributed by atoms with Gasteiger partial charge in [0, 0.05) is 19.1 Å². The number of alkyl halides is 3. The molecule has 108 valence electrons. The van der Waals surface area contributed by atoms with Gasteiger partial charge in [0.1, 0.15) is 5.82 Å². The quantitative estimate of drug-likeness (QED) is 0.849. The predicted octanol–water partition coefficient (Wildman–Crippen LogP) is 1.07. The highest BCUT2D eigenvalue weighted by Crippen LogP contribution is 2.28. The van der Waals surface area contributed by atoms with E-state index in [0.29, 0.717) is 12.4 Å². The van der Waals surface area contributed by atoms with E-state index < -0.39 is 12.0 Å². The van der Waals surface area contributed by atoms with Gasteiger partial charge in [0.15, 0.2) is 5.65 Å². The highest BCUT2D eigenvalue weighted by Gasteiger charge is 2.37. The SMILES string of the molecule is N[C@@H]1CCCN(c2ccc3nnc(C(F)(F)F)n3n2)C1. The fraction of sp³-hybridized carbons (Fsp3) is 0.545. The smallest absolute Gasteiger partial charge is 0.354 e. The molecule has 0 unspecified atom stereocenters. The highest BCUT2D eigenvalue weighted by molar-refractivity contribution is 5.46. The summed E-state index contributed by atoms with van der Waals surface area (Å²) in [6.07, 6.45) is -2.77. The molecule has 0 bridgehead atoms. The summed E-state index contributed by atoms with van der Waals surface area (Å²) in [5.41, 5.74) is 5.94. The first-order valence-corrected chi connectivity index (χ1v) is 6.25. The van der Waals surface area contributed by atoms with Crippen molar-refractivity contribution in [3.05, 3.63) is 18.0 Å². The average Bonchev–Trinajstić information content (AvgIpc) is 2.81. The number of rotatable bonds is 1. The lowest BCUT2D eigenvalue weighted by Crippen LogP contribution is -2.43. The Labute approximate surface area is 112 Å². The first-order valence-electron chi connectivity index (χ1n) is 6.25. The Morgan fingerprint density at radius 1 is 1.25 bits per heavy atom. The summed E-state index contributed by atoms with van der Waals surface area (Å²) >= 11 is 0. The van der Waals surface area contributed by atoms with Crippen molar-refractivity contribution >= 4 is 11.5 Å². The number of halogens is 3. The zero-order valence-corrected chi connectivity index (χ0v) is 10.5. The summed E-state index contributed by atoms with van der Waals surface area (Å²) in [5.74, 6) is -0.659. The van der Waals surface area contributed by atoms with Gasteiger partial charge in [-0.2, -0.15) is 17.7 Å². The molecule has 1 aliphatic rings. The van der Waals surface area contributed by atoms with E-state index in [9.17, 15) is 13.2 Å². The Kier molecular flexibility index (Phi) is 3.00. The standard InChI is InChI=1S/C11H13F3N6/c12-11(13,14)10-17-16-8-3-4-9(18-20(8)10)19-5-1-2-7(15)6-19/h3-4,7H,1-2,5-6,15H2/t7-/m1/s1. The predicted molar refractivity (Wildman–Crippen MR) is 65.2 cm³/mol. The molecule has 2 aromatic heterocycles. The Morgan fingerprint density at radius 2 is 2.05 bits per heavy atom. The second-order valence-corrected chi connectivity index (χ2v) is 4.83. The van der Waals surface area contributed by atoms with Gasteiger partial charge >= 0.3 is 6.18 Å². The fourth-order valence-corrected chi connectivity index (χ4v) is 2.34. The minimum Gasteiger partial charge on any atom is -0.354 e. The Hall–Kier alpha value is -1.90. The summed E-state index contributed by atoms with van der Waals surface area (Å²) in [6.45, 7) is 1.32. The van der Waals surface area contributed by atoms with Gasteiger partial charge in [0.05, 0.1) is 0 Å². The van der Waals surface area contributed by atoms with E-state index in [2.05, 4.69) is 15.3 Å². The largest absolute Gasteiger partial charge is 0.453 e. The molecule has 0 aliphatic carbocycles. The normalized spacial score (nSPS) is 20.6. The molecule has 0 amide bonds. The van der Waals surface area contributed by atoms with E-state index >= 15 is 0 Å². The average molecular weight is 286 g/mol. The van der Waals surface area contributed by atoms with Gasteiger partial charge < -0.3 is 10.6 Å². The van der Waals surface area contributed by atoms with Gasteiger partial charge in [0.25, 0.3) is 5.82 Å². The van der Waals surface area contributed by atoms with Crippen LogP contribution in [0.15, 0.2) is 12.1 Å². The van der Waals surface area contributed by atoms with Gasteiger partial charge in [-0.3, -0.25) is 0 Å². The molecule has 2 N–H and O–H groups in total. The fourth-order valence-electron chi connectivity index (χ4n) is 2.34. The van der Waals surface area contributed by atoms with Crippen molar-refractivity contribution in [3.8, 4) is 0 Å². The lowest BCUT2D eigenvalue weighted by molar-refractivity contribution is -0.146. The third kappa shape index (κ3) is 2.28. The van der Waals surface area contributed by atoms with Gasteiger partial charge in [0.2, 0.25) is 0 Å². The molecule has 0 spiro atoms. The molecule has 1 atom stereocenters. The van der Waals surface area contributed by atoms with Crippen LogP contribution >= 0.6 is 0 Å². The number of anilines is 1. The number of aromatic nitrogens is 4. The molecular weight excluding hydrogens is 273 g/mol. The van der Waals surface area contributed by atoms with E-state index in [1.54, 1.807) is 6.07 Å². The maximum absolute atomic E-state index is 12.8. The minimum absolute atomic E-state index is 0.0178. The summed E-state index contributed by atoms with van der Waals surface area (Å²) in [6, 6.07) is 3.14. The number of hydrogen-bond acceptors (Lipinski definition) is 5. The van der Waals surface area contributed by atoms with E-state index in [1.165, 1.54) is 6.07 Å². The lowest BCUT2D eigenvalue weighted by Gasteiger charge is -2.31. The molecular formula is C11H13F3N6. The molecule has 3 heterocycles. The summed E-state index contributed by atoms with van der Waals surface area (Å²) in [4.78, 5) is 1.88. The maximum Gasteiger partial charge on any atom is 0.453 e. The highest BCUT2D eigenvalue weighted by atomic mass is 19.4. The summed E-state index contributed by atoms with van der Waals surface area (Å²) < 4.78 is 39.1. The topological polar surface area (TPSA) is 72.3 Å². The van der Waals surface area contributed by atoms with Crippen LogP contribution in [0.2, 0.25) is 0 Å². The molecule has 3 rings (SSSR count). The Balaban J connectivity index is 2.01.